The lowest BCUT2D eigenvalue weighted by atomic mass is 9.69. The van der Waals surface area contributed by atoms with Crippen molar-refractivity contribution in [1.82, 2.24) is 25.0 Å². The van der Waals surface area contributed by atoms with Crippen LogP contribution in [0.25, 0.3) is 5.69 Å². The van der Waals surface area contributed by atoms with E-state index < -0.39 is 17.8 Å². The maximum Gasteiger partial charge on any atom is 0.419 e. The zero-order valence-electron chi connectivity index (χ0n) is 19.5. The predicted octanol–water partition coefficient (Wildman–Crippen LogP) is 4.73. The second kappa shape index (κ2) is 9.32. The lowest BCUT2D eigenvalue weighted by Crippen LogP contribution is -2.37. The second-order valence-electron chi connectivity index (χ2n) is 9.68. The number of anilines is 1. The monoisotopic (exact) mass is 474 g/mol. The van der Waals surface area contributed by atoms with Gasteiger partial charge in [-0.25, -0.2) is 14.6 Å². The molecule has 3 aromatic rings. The molecule has 2 aromatic heterocycles. The van der Waals surface area contributed by atoms with Gasteiger partial charge in [0.2, 0.25) is 5.95 Å². The molecule has 10 heteroatoms. The minimum atomic E-state index is -4.53. The summed E-state index contributed by atoms with van der Waals surface area (Å²) in [6.07, 6.45) is -0.383. The van der Waals surface area contributed by atoms with E-state index in [4.69, 9.17) is 0 Å². The van der Waals surface area contributed by atoms with E-state index in [9.17, 15) is 18.3 Å². The van der Waals surface area contributed by atoms with Crippen molar-refractivity contribution in [3.63, 3.8) is 0 Å². The number of nitrogens with one attached hydrogen (secondary N) is 1. The summed E-state index contributed by atoms with van der Waals surface area (Å²) < 4.78 is 42.8. The molecule has 0 radical (unpaired) electrons. The van der Waals surface area contributed by atoms with Crippen LogP contribution in [0.1, 0.15) is 55.6 Å². The molecular weight excluding hydrogens is 445 g/mol. The van der Waals surface area contributed by atoms with Crippen LogP contribution in [0.2, 0.25) is 0 Å². The molecule has 0 spiro atoms. The quantitative estimate of drug-likeness (QED) is 0.537. The molecule has 1 aliphatic rings. The molecule has 0 amide bonds. The van der Waals surface area contributed by atoms with Crippen LogP contribution in [-0.4, -0.2) is 36.2 Å². The van der Waals surface area contributed by atoms with Gasteiger partial charge in [-0.2, -0.15) is 13.2 Å². The number of halogens is 3. The Bertz CT molecular complexity index is 1140. The van der Waals surface area contributed by atoms with Gasteiger partial charge in [0.25, 0.3) is 0 Å². The van der Waals surface area contributed by atoms with Gasteiger partial charge in [-0.15, -0.1) is 5.10 Å². The fraction of sp³-hybridized carbons (Fsp3) is 0.500. The van der Waals surface area contributed by atoms with Gasteiger partial charge >= 0.3 is 6.18 Å². The first-order valence-electron chi connectivity index (χ1n) is 11.4. The first kappa shape index (κ1) is 24.1. The highest BCUT2D eigenvalue weighted by atomic mass is 19.4. The Balaban J connectivity index is 1.56. The van der Waals surface area contributed by atoms with Gasteiger partial charge in [0.15, 0.2) is 0 Å². The van der Waals surface area contributed by atoms with Crippen molar-refractivity contribution in [3.8, 4) is 5.69 Å². The van der Waals surface area contributed by atoms with Crippen molar-refractivity contribution >= 4 is 5.95 Å². The van der Waals surface area contributed by atoms with E-state index in [1.807, 2.05) is 45.0 Å². The van der Waals surface area contributed by atoms with Crippen LogP contribution in [0.5, 0.6) is 0 Å². The molecule has 2 heterocycles. The molecule has 182 valence electrons. The number of alkyl halides is 3. The lowest BCUT2D eigenvalue weighted by molar-refractivity contribution is -0.138. The Morgan fingerprint density at radius 1 is 1.18 bits per heavy atom. The molecule has 0 unspecified atom stereocenters. The lowest BCUT2D eigenvalue weighted by Gasteiger charge is -2.39. The summed E-state index contributed by atoms with van der Waals surface area (Å²) >= 11 is 0. The van der Waals surface area contributed by atoms with Crippen LogP contribution in [-0.2, 0) is 19.1 Å². The number of aryl methyl sites for hydroxylation is 1. The third-order valence-corrected chi connectivity index (χ3v) is 6.60. The SMILES string of the molecule is Cc1cnnn1-c1ccccc1CNc1ncc(C(F)(F)F)c(C[C@H]2CC[C@@H](O)C(C)(C)C2)n1. The third-order valence-electron chi connectivity index (χ3n) is 6.60. The molecule has 4 rings (SSSR count). The topological polar surface area (TPSA) is 88.8 Å². The number of aromatic nitrogens is 5. The molecule has 1 saturated carbocycles. The van der Waals surface area contributed by atoms with E-state index >= 15 is 0 Å². The van der Waals surface area contributed by atoms with E-state index in [0.29, 0.717) is 25.8 Å². The van der Waals surface area contributed by atoms with Gasteiger partial charge < -0.3 is 10.4 Å². The number of nitrogens with zero attached hydrogens (tertiary/aromatic N) is 5. The third kappa shape index (κ3) is 5.22. The van der Waals surface area contributed by atoms with Gasteiger partial charge in [-0.3, -0.25) is 0 Å². The predicted molar refractivity (Wildman–Crippen MR) is 121 cm³/mol. The summed E-state index contributed by atoms with van der Waals surface area (Å²) in [5, 5.41) is 21.3. The highest BCUT2D eigenvalue weighted by Gasteiger charge is 2.39. The number of aliphatic hydroxyl groups is 1. The zero-order valence-corrected chi connectivity index (χ0v) is 19.5. The Labute approximate surface area is 196 Å². The van der Waals surface area contributed by atoms with Gasteiger partial charge in [-0.05, 0) is 55.6 Å². The van der Waals surface area contributed by atoms with Gasteiger partial charge in [0, 0.05) is 12.7 Å². The van der Waals surface area contributed by atoms with Crippen molar-refractivity contribution in [3.05, 3.63) is 59.2 Å². The molecule has 1 aromatic carbocycles. The standard InChI is InChI=1S/C24H29F3N6O/c1-15-12-30-32-33(15)20-7-5-4-6-17(20)13-28-22-29-14-18(24(25,26)27)19(31-22)10-16-8-9-21(34)23(2,3)11-16/h4-7,12,14,16,21,34H,8-11,13H2,1-3H3,(H,28,29,31)/t16-,21-/m1/s1. The Morgan fingerprint density at radius 3 is 2.62 bits per heavy atom. The van der Waals surface area contributed by atoms with Crippen LogP contribution in [0.3, 0.4) is 0 Å². The van der Waals surface area contributed by atoms with E-state index in [-0.39, 0.29) is 29.4 Å². The number of rotatable bonds is 6. The first-order valence-corrected chi connectivity index (χ1v) is 11.4. The Kier molecular flexibility index (Phi) is 6.62. The number of hydrogen-bond acceptors (Lipinski definition) is 6. The fourth-order valence-electron chi connectivity index (χ4n) is 4.67. The Hall–Kier alpha value is -3.01. The van der Waals surface area contributed by atoms with Crippen molar-refractivity contribution < 1.29 is 18.3 Å². The highest BCUT2D eigenvalue weighted by molar-refractivity contribution is 5.43. The van der Waals surface area contributed by atoms with Gasteiger partial charge in [0.05, 0.1) is 34.9 Å². The Morgan fingerprint density at radius 2 is 1.94 bits per heavy atom. The van der Waals surface area contributed by atoms with Crippen LogP contribution in [0.15, 0.2) is 36.7 Å². The average molecular weight is 475 g/mol. The summed E-state index contributed by atoms with van der Waals surface area (Å²) in [7, 11) is 0. The van der Waals surface area contributed by atoms with Crippen LogP contribution in [0.4, 0.5) is 19.1 Å². The first-order chi connectivity index (χ1) is 16.0. The number of hydrogen-bond donors (Lipinski definition) is 2. The van der Waals surface area contributed by atoms with Crippen LogP contribution in [0, 0.1) is 18.3 Å². The number of benzene rings is 1. The normalized spacial score (nSPS) is 20.3. The summed E-state index contributed by atoms with van der Waals surface area (Å²) in [5.74, 6) is 0.154. The van der Waals surface area contributed by atoms with Crippen molar-refractivity contribution in [2.45, 2.75) is 65.3 Å². The maximum atomic E-state index is 13.7. The summed E-state index contributed by atoms with van der Waals surface area (Å²) in [5.41, 5.74) is 1.41. The van der Waals surface area contributed by atoms with E-state index in [2.05, 4.69) is 25.6 Å². The van der Waals surface area contributed by atoms with Gasteiger partial charge in [-0.1, -0.05) is 37.3 Å². The molecule has 2 atom stereocenters. The molecule has 0 bridgehead atoms. The average Bonchev–Trinajstić information content (AvgIpc) is 3.20. The van der Waals surface area contributed by atoms with E-state index in [0.717, 1.165) is 23.1 Å². The molecule has 34 heavy (non-hydrogen) atoms. The summed E-state index contributed by atoms with van der Waals surface area (Å²) in [4.78, 5) is 8.23. The maximum absolute atomic E-state index is 13.7. The number of para-hydroxylation sites is 1. The van der Waals surface area contributed by atoms with E-state index in [1.165, 1.54) is 0 Å². The van der Waals surface area contributed by atoms with Crippen LogP contribution < -0.4 is 5.32 Å². The summed E-state index contributed by atoms with van der Waals surface area (Å²) in [6.45, 7) is 6.11. The molecule has 1 fully saturated rings. The summed E-state index contributed by atoms with van der Waals surface area (Å²) in [6, 6.07) is 7.57. The zero-order chi connectivity index (χ0) is 24.5. The fourth-order valence-corrected chi connectivity index (χ4v) is 4.67. The smallest absolute Gasteiger partial charge is 0.393 e. The van der Waals surface area contributed by atoms with Crippen molar-refractivity contribution in [2.75, 3.05) is 5.32 Å². The second-order valence-corrected chi connectivity index (χ2v) is 9.68. The molecule has 0 aliphatic heterocycles. The van der Waals surface area contributed by atoms with Gasteiger partial charge in [0.1, 0.15) is 0 Å². The van der Waals surface area contributed by atoms with E-state index in [1.54, 1.807) is 10.9 Å². The largest absolute Gasteiger partial charge is 0.419 e. The molecular formula is C24H29F3N6O. The number of aliphatic hydroxyl groups excluding tert-OH is 1. The van der Waals surface area contributed by atoms with Crippen molar-refractivity contribution in [1.29, 1.82) is 0 Å². The molecule has 7 nitrogen and oxygen atoms in total. The highest BCUT2D eigenvalue weighted by Crippen LogP contribution is 2.41. The molecule has 0 saturated heterocycles. The minimum absolute atomic E-state index is 0.0115. The van der Waals surface area contributed by atoms with Crippen molar-refractivity contribution in [2.24, 2.45) is 11.3 Å². The molecule has 1 aliphatic carbocycles. The van der Waals surface area contributed by atoms with Crippen LogP contribution >= 0.6 is 0 Å². The minimum Gasteiger partial charge on any atom is -0.393 e. The molecule has 2 N–H and O–H groups in total.